The molecule has 0 bridgehead atoms. The molecule has 1 aromatic carbocycles. The largest absolute Gasteiger partial charge is 0.376 e. The Bertz CT molecular complexity index is 417. The summed E-state index contributed by atoms with van der Waals surface area (Å²) >= 11 is 0. The summed E-state index contributed by atoms with van der Waals surface area (Å²) in [4.78, 5) is 0. The fourth-order valence-corrected chi connectivity index (χ4v) is 2.47. The molecular formula is C14H19F2NO. The minimum atomic E-state index is -0.500. The summed E-state index contributed by atoms with van der Waals surface area (Å²) in [7, 11) is 0. The SMILES string of the molecule is CCNC(c1c(F)ccc(C)c1F)C1CCCO1. The third-order valence-electron chi connectivity index (χ3n) is 3.39. The van der Waals surface area contributed by atoms with E-state index >= 15 is 0 Å². The molecule has 4 heteroatoms. The molecule has 0 amide bonds. The molecule has 2 rings (SSSR count). The first-order chi connectivity index (χ1) is 8.65. The van der Waals surface area contributed by atoms with Gasteiger partial charge in [-0.1, -0.05) is 13.0 Å². The number of halogens is 2. The summed E-state index contributed by atoms with van der Waals surface area (Å²) in [6.45, 7) is 4.89. The monoisotopic (exact) mass is 255 g/mol. The average molecular weight is 255 g/mol. The van der Waals surface area contributed by atoms with Gasteiger partial charge in [-0.25, -0.2) is 8.78 Å². The van der Waals surface area contributed by atoms with Crippen LogP contribution in [-0.4, -0.2) is 19.3 Å². The Kier molecular flexibility index (Phi) is 4.30. The van der Waals surface area contributed by atoms with Crippen molar-refractivity contribution in [1.29, 1.82) is 0 Å². The molecule has 1 N–H and O–H groups in total. The lowest BCUT2D eigenvalue weighted by Crippen LogP contribution is -2.33. The summed E-state index contributed by atoms with van der Waals surface area (Å²) in [6.07, 6.45) is 1.64. The van der Waals surface area contributed by atoms with Gasteiger partial charge in [0, 0.05) is 12.2 Å². The van der Waals surface area contributed by atoms with Crippen molar-refractivity contribution in [3.05, 3.63) is 34.9 Å². The summed E-state index contributed by atoms with van der Waals surface area (Å²) < 4.78 is 33.7. The minimum absolute atomic E-state index is 0.115. The van der Waals surface area contributed by atoms with Crippen LogP contribution in [0.15, 0.2) is 12.1 Å². The van der Waals surface area contributed by atoms with E-state index in [9.17, 15) is 8.78 Å². The molecule has 1 saturated heterocycles. The molecule has 0 spiro atoms. The highest BCUT2D eigenvalue weighted by Crippen LogP contribution is 2.31. The van der Waals surface area contributed by atoms with Crippen molar-refractivity contribution in [3.63, 3.8) is 0 Å². The summed E-state index contributed by atoms with van der Waals surface area (Å²) in [5, 5.41) is 3.14. The van der Waals surface area contributed by atoms with Gasteiger partial charge in [0.05, 0.1) is 12.1 Å². The molecule has 1 fully saturated rings. The second-order valence-electron chi connectivity index (χ2n) is 4.68. The van der Waals surface area contributed by atoms with E-state index in [1.807, 2.05) is 6.92 Å². The number of benzene rings is 1. The molecule has 1 heterocycles. The average Bonchev–Trinajstić information content (AvgIpc) is 2.87. The first-order valence-corrected chi connectivity index (χ1v) is 6.44. The van der Waals surface area contributed by atoms with Gasteiger partial charge in [0.2, 0.25) is 0 Å². The van der Waals surface area contributed by atoms with Gasteiger partial charge in [-0.15, -0.1) is 0 Å². The molecule has 2 unspecified atom stereocenters. The van der Waals surface area contributed by atoms with Crippen LogP contribution >= 0.6 is 0 Å². The highest BCUT2D eigenvalue weighted by molar-refractivity contribution is 5.30. The van der Waals surface area contributed by atoms with Crippen LogP contribution in [-0.2, 0) is 4.74 Å². The quantitative estimate of drug-likeness (QED) is 0.892. The second kappa shape index (κ2) is 5.76. The molecule has 18 heavy (non-hydrogen) atoms. The standard InChI is InChI=1S/C14H19F2NO/c1-3-17-14(11-5-4-8-18-11)12-10(15)7-6-9(2)13(12)16/h6-7,11,14,17H,3-5,8H2,1-2H3. The van der Waals surface area contributed by atoms with Gasteiger partial charge in [0.1, 0.15) is 11.6 Å². The molecule has 1 aliphatic heterocycles. The van der Waals surface area contributed by atoms with E-state index in [-0.39, 0.29) is 11.7 Å². The maximum absolute atomic E-state index is 14.2. The fourth-order valence-electron chi connectivity index (χ4n) is 2.47. The van der Waals surface area contributed by atoms with Crippen molar-refractivity contribution >= 4 is 0 Å². The van der Waals surface area contributed by atoms with Crippen molar-refractivity contribution in [2.45, 2.75) is 38.8 Å². The summed E-state index contributed by atoms with van der Waals surface area (Å²) in [6, 6.07) is 2.39. The molecule has 2 atom stereocenters. The van der Waals surface area contributed by atoms with E-state index in [0.717, 1.165) is 12.8 Å². The third kappa shape index (κ3) is 2.54. The zero-order chi connectivity index (χ0) is 13.1. The Labute approximate surface area is 106 Å². The second-order valence-corrected chi connectivity index (χ2v) is 4.68. The number of nitrogens with one attached hydrogen (secondary N) is 1. The van der Waals surface area contributed by atoms with Crippen LogP contribution in [0.2, 0.25) is 0 Å². The molecule has 1 aromatic rings. The topological polar surface area (TPSA) is 21.3 Å². The molecule has 0 radical (unpaired) electrons. The van der Waals surface area contributed by atoms with E-state index < -0.39 is 17.7 Å². The van der Waals surface area contributed by atoms with Crippen molar-refractivity contribution < 1.29 is 13.5 Å². The molecular weight excluding hydrogens is 236 g/mol. The first kappa shape index (κ1) is 13.4. The van der Waals surface area contributed by atoms with Crippen molar-refractivity contribution in [2.24, 2.45) is 0 Å². The van der Waals surface area contributed by atoms with E-state index in [1.54, 1.807) is 6.92 Å². The smallest absolute Gasteiger partial charge is 0.133 e. The predicted octanol–water partition coefficient (Wildman–Crippen LogP) is 3.10. The fraction of sp³-hybridized carbons (Fsp3) is 0.571. The van der Waals surface area contributed by atoms with Gasteiger partial charge < -0.3 is 10.1 Å². The lowest BCUT2D eigenvalue weighted by molar-refractivity contribution is 0.0764. The molecule has 2 nitrogen and oxygen atoms in total. The number of rotatable bonds is 4. The van der Waals surface area contributed by atoms with E-state index in [1.165, 1.54) is 12.1 Å². The number of likely N-dealkylation sites (N-methyl/N-ethyl adjacent to an activating group) is 1. The van der Waals surface area contributed by atoms with E-state index in [0.29, 0.717) is 18.7 Å². The van der Waals surface area contributed by atoms with Gasteiger partial charge in [-0.3, -0.25) is 0 Å². The van der Waals surface area contributed by atoms with Gasteiger partial charge in [-0.05, 0) is 37.9 Å². The van der Waals surface area contributed by atoms with Crippen molar-refractivity contribution in [1.82, 2.24) is 5.32 Å². The Morgan fingerprint density at radius 3 is 2.83 bits per heavy atom. The van der Waals surface area contributed by atoms with E-state index in [2.05, 4.69) is 5.32 Å². The van der Waals surface area contributed by atoms with Crippen molar-refractivity contribution in [2.75, 3.05) is 13.2 Å². The maximum atomic E-state index is 14.2. The minimum Gasteiger partial charge on any atom is -0.376 e. The van der Waals surface area contributed by atoms with Crippen LogP contribution in [0, 0.1) is 18.6 Å². The highest BCUT2D eigenvalue weighted by Gasteiger charge is 2.31. The summed E-state index contributed by atoms with van der Waals surface area (Å²) in [5.41, 5.74) is 0.580. The number of ether oxygens (including phenoxy) is 1. The Morgan fingerprint density at radius 1 is 1.44 bits per heavy atom. The number of hydrogen-bond donors (Lipinski definition) is 1. The van der Waals surface area contributed by atoms with Crippen LogP contribution in [0.4, 0.5) is 8.78 Å². The van der Waals surface area contributed by atoms with Crippen LogP contribution < -0.4 is 5.32 Å². The number of hydrogen-bond acceptors (Lipinski definition) is 2. The van der Waals surface area contributed by atoms with Crippen molar-refractivity contribution in [3.8, 4) is 0 Å². The lowest BCUT2D eigenvalue weighted by atomic mass is 9.96. The first-order valence-electron chi connectivity index (χ1n) is 6.44. The Morgan fingerprint density at radius 2 is 2.22 bits per heavy atom. The van der Waals surface area contributed by atoms with Crippen LogP contribution in [0.3, 0.4) is 0 Å². The molecule has 0 saturated carbocycles. The zero-order valence-electron chi connectivity index (χ0n) is 10.8. The Balaban J connectivity index is 2.38. The predicted molar refractivity (Wildman–Crippen MR) is 66.5 cm³/mol. The Hall–Kier alpha value is -1.00. The maximum Gasteiger partial charge on any atom is 0.133 e. The number of aryl methyl sites for hydroxylation is 1. The molecule has 0 aromatic heterocycles. The molecule has 0 aliphatic carbocycles. The van der Waals surface area contributed by atoms with Crippen LogP contribution in [0.1, 0.15) is 36.9 Å². The zero-order valence-corrected chi connectivity index (χ0v) is 10.8. The van der Waals surface area contributed by atoms with Crippen LogP contribution in [0.25, 0.3) is 0 Å². The van der Waals surface area contributed by atoms with E-state index in [4.69, 9.17) is 4.74 Å². The summed E-state index contributed by atoms with van der Waals surface area (Å²) in [5.74, 6) is -0.962. The van der Waals surface area contributed by atoms with Gasteiger partial charge in [0.25, 0.3) is 0 Å². The lowest BCUT2D eigenvalue weighted by Gasteiger charge is -2.25. The van der Waals surface area contributed by atoms with Crippen LogP contribution in [0.5, 0.6) is 0 Å². The van der Waals surface area contributed by atoms with Gasteiger partial charge in [-0.2, -0.15) is 0 Å². The normalized spacial score (nSPS) is 21.2. The molecule has 1 aliphatic rings. The highest BCUT2D eigenvalue weighted by atomic mass is 19.1. The molecule has 100 valence electrons. The van der Waals surface area contributed by atoms with Gasteiger partial charge in [0.15, 0.2) is 0 Å². The third-order valence-corrected chi connectivity index (χ3v) is 3.39. The van der Waals surface area contributed by atoms with Gasteiger partial charge >= 0.3 is 0 Å².